The van der Waals surface area contributed by atoms with Crippen molar-refractivity contribution in [1.82, 2.24) is 15.3 Å². The maximum Gasteiger partial charge on any atom is 0.320 e. The molecule has 1 fully saturated rings. The first-order valence-corrected chi connectivity index (χ1v) is 8.71. The molecule has 0 aliphatic carbocycles. The maximum absolute atomic E-state index is 6.09. The zero-order valence-corrected chi connectivity index (χ0v) is 14.1. The minimum atomic E-state index is 0.102. The van der Waals surface area contributed by atoms with Crippen molar-refractivity contribution < 1.29 is 4.74 Å². The van der Waals surface area contributed by atoms with Crippen LogP contribution >= 0.6 is 0 Å². The normalized spacial score (nSPS) is 19.3. The highest BCUT2D eigenvalue weighted by Crippen LogP contribution is 2.36. The van der Waals surface area contributed by atoms with Crippen molar-refractivity contribution in [2.24, 2.45) is 5.92 Å². The summed E-state index contributed by atoms with van der Waals surface area (Å²) in [6.45, 7) is 8.14. The van der Waals surface area contributed by atoms with Crippen LogP contribution in [0, 0.1) is 5.92 Å². The van der Waals surface area contributed by atoms with Gasteiger partial charge in [0.25, 0.3) is 0 Å². The van der Waals surface area contributed by atoms with E-state index in [1.165, 1.54) is 12.8 Å². The molecule has 7 nitrogen and oxygen atoms in total. The zero-order chi connectivity index (χ0) is 16.2. The zero-order valence-electron chi connectivity index (χ0n) is 14.1. The van der Waals surface area contributed by atoms with Gasteiger partial charge in [-0.3, -0.25) is 0 Å². The molecular weight excluding hydrogens is 292 g/mol. The highest BCUT2D eigenvalue weighted by atomic mass is 16.5. The first kappa shape index (κ1) is 16.1. The van der Waals surface area contributed by atoms with Crippen molar-refractivity contribution >= 4 is 17.3 Å². The molecule has 0 unspecified atom stereocenters. The summed E-state index contributed by atoms with van der Waals surface area (Å²) in [5.74, 6) is 2.06. The van der Waals surface area contributed by atoms with Gasteiger partial charge in [-0.25, -0.2) is 0 Å². The molecule has 0 aromatic carbocycles. The van der Waals surface area contributed by atoms with Crippen LogP contribution in [0.1, 0.15) is 39.5 Å². The molecule has 128 valence electrons. The number of ether oxygens (including phenoxy) is 1. The Balaban J connectivity index is 1.73. The molecule has 0 radical (unpaired) electrons. The fourth-order valence-electron chi connectivity index (χ4n) is 3.32. The van der Waals surface area contributed by atoms with Gasteiger partial charge in [-0.05, 0) is 45.2 Å². The predicted octanol–water partition coefficient (Wildman–Crippen LogP) is 1.82. The lowest BCUT2D eigenvalue weighted by Crippen LogP contribution is -2.36. The van der Waals surface area contributed by atoms with Crippen molar-refractivity contribution in [2.75, 3.05) is 42.3 Å². The minimum absolute atomic E-state index is 0.102. The van der Waals surface area contributed by atoms with Gasteiger partial charge in [-0.15, -0.1) is 0 Å². The molecule has 2 aliphatic rings. The molecule has 2 aliphatic heterocycles. The second-order valence-corrected chi connectivity index (χ2v) is 6.56. The summed E-state index contributed by atoms with van der Waals surface area (Å²) in [6.07, 6.45) is 4.58. The molecule has 3 rings (SSSR count). The number of fused-ring (bicyclic) bond motifs is 1. The van der Waals surface area contributed by atoms with E-state index in [2.05, 4.69) is 32.4 Å². The van der Waals surface area contributed by atoms with Crippen molar-refractivity contribution in [3.8, 4) is 6.01 Å². The van der Waals surface area contributed by atoms with Crippen LogP contribution in [-0.4, -0.2) is 42.4 Å². The van der Waals surface area contributed by atoms with Gasteiger partial charge in [0.05, 0.1) is 12.8 Å². The number of nitrogens with zero attached hydrogens (tertiary/aromatic N) is 3. The van der Waals surface area contributed by atoms with E-state index < -0.39 is 0 Å². The summed E-state index contributed by atoms with van der Waals surface area (Å²) in [7, 11) is 0. The van der Waals surface area contributed by atoms with E-state index in [4.69, 9.17) is 10.5 Å². The fourth-order valence-corrected chi connectivity index (χ4v) is 3.32. The van der Waals surface area contributed by atoms with Gasteiger partial charge in [0.15, 0.2) is 11.6 Å². The van der Waals surface area contributed by atoms with Crippen molar-refractivity contribution in [3.05, 3.63) is 0 Å². The summed E-state index contributed by atoms with van der Waals surface area (Å²) in [4.78, 5) is 11.2. The maximum atomic E-state index is 6.09. The smallest absolute Gasteiger partial charge is 0.320 e. The Labute approximate surface area is 138 Å². The summed E-state index contributed by atoms with van der Waals surface area (Å²) in [5.41, 5.74) is 6.93. The van der Waals surface area contributed by atoms with Gasteiger partial charge < -0.3 is 26.0 Å². The van der Waals surface area contributed by atoms with Gasteiger partial charge in [-0.1, -0.05) is 13.3 Å². The lowest BCUT2D eigenvalue weighted by atomic mass is 9.98. The van der Waals surface area contributed by atoms with E-state index >= 15 is 0 Å². The van der Waals surface area contributed by atoms with Crippen LogP contribution < -0.4 is 26.0 Å². The molecule has 0 bridgehead atoms. The number of nitrogens with one attached hydrogen (secondary N) is 2. The van der Waals surface area contributed by atoms with E-state index in [0.29, 0.717) is 17.7 Å². The lowest BCUT2D eigenvalue weighted by molar-refractivity contribution is 0.193. The molecule has 23 heavy (non-hydrogen) atoms. The number of nitrogen functional groups attached to an aromatic ring is 1. The Morgan fingerprint density at radius 2 is 2.13 bits per heavy atom. The first-order chi connectivity index (χ1) is 11.2. The summed E-state index contributed by atoms with van der Waals surface area (Å²) in [5, 5.41) is 6.73. The molecule has 1 saturated heterocycles. The van der Waals surface area contributed by atoms with Crippen LogP contribution in [0.5, 0.6) is 6.01 Å². The van der Waals surface area contributed by atoms with Crippen LogP contribution in [0.25, 0.3) is 0 Å². The van der Waals surface area contributed by atoms with Crippen LogP contribution in [0.2, 0.25) is 0 Å². The third-order valence-electron chi connectivity index (χ3n) is 4.58. The molecule has 4 N–H and O–H groups in total. The number of piperidine rings is 1. The highest BCUT2D eigenvalue weighted by molar-refractivity contribution is 5.80. The second kappa shape index (κ2) is 7.21. The number of nitrogens with two attached hydrogens (primary N) is 1. The molecule has 0 saturated carbocycles. The van der Waals surface area contributed by atoms with Gasteiger partial charge >= 0.3 is 6.01 Å². The van der Waals surface area contributed by atoms with Gasteiger partial charge in [-0.2, -0.15) is 9.97 Å². The van der Waals surface area contributed by atoms with Crippen molar-refractivity contribution in [1.29, 1.82) is 0 Å². The Morgan fingerprint density at radius 3 is 2.87 bits per heavy atom. The number of aromatic nitrogens is 2. The Morgan fingerprint density at radius 1 is 1.35 bits per heavy atom. The number of anilines is 3. The number of hydrogen-bond donors (Lipinski definition) is 3. The Kier molecular flexibility index (Phi) is 5.05. The average Bonchev–Trinajstić information content (AvgIpc) is 2.92. The molecular formula is C16H28N6O. The summed E-state index contributed by atoms with van der Waals surface area (Å²) >= 11 is 0. The van der Waals surface area contributed by atoms with E-state index in [0.717, 1.165) is 50.6 Å². The third-order valence-corrected chi connectivity index (χ3v) is 4.58. The third kappa shape index (κ3) is 3.77. The lowest BCUT2D eigenvalue weighted by Gasteiger charge is -2.27. The van der Waals surface area contributed by atoms with Crippen LogP contribution in [-0.2, 0) is 0 Å². The van der Waals surface area contributed by atoms with Crippen molar-refractivity contribution in [2.45, 2.75) is 45.6 Å². The number of hydrogen-bond acceptors (Lipinski definition) is 7. The molecule has 1 aromatic rings. The predicted molar refractivity (Wildman–Crippen MR) is 92.9 cm³/mol. The van der Waals surface area contributed by atoms with Crippen LogP contribution in [0.3, 0.4) is 0 Å². The van der Waals surface area contributed by atoms with E-state index in [-0.39, 0.29) is 6.10 Å². The van der Waals surface area contributed by atoms with E-state index in [1.54, 1.807) is 0 Å². The average molecular weight is 320 g/mol. The van der Waals surface area contributed by atoms with E-state index in [9.17, 15) is 0 Å². The molecule has 1 atom stereocenters. The SMILES string of the molecule is CCC[C@H](C)Oc1nc(N)c2c(n1)N(CC1CCNCC1)CN2. The standard InChI is InChI=1S/C16H28N6O/c1-3-4-11(2)23-16-20-14(17)13-15(21-16)22(10-19-13)9-12-5-7-18-8-6-12/h11-12,18-19H,3-10H2,1-2H3,(H2,17,20,21)/t11-/m0/s1. The number of rotatable bonds is 6. The highest BCUT2D eigenvalue weighted by Gasteiger charge is 2.27. The Bertz CT molecular complexity index is 532. The van der Waals surface area contributed by atoms with E-state index in [1.807, 2.05) is 6.92 Å². The summed E-state index contributed by atoms with van der Waals surface area (Å²) in [6, 6.07) is 0.390. The molecule has 3 heterocycles. The topological polar surface area (TPSA) is 88.3 Å². The minimum Gasteiger partial charge on any atom is -0.460 e. The van der Waals surface area contributed by atoms with Gasteiger partial charge in [0.1, 0.15) is 5.69 Å². The van der Waals surface area contributed by atoms with Gasteiger partial charge in [0.2, 0.25) is 0 Å². The monoisotopic (exact) mass is 320 g/mol. The fraction of sp³-hybridized carbons (Fsp3) is 0.750. The van der Waals surface area contributed by atoms with Gasteiger partial charge in [0, 0.05) is 6.54 Å². The molecule has 0 amide bonds. The summed E-state index contributed by atoms with van der Waals surface area (Å²) < 4.78 is 5.83. The molecule has 1 aromatic heterocycles. The Hall–Kier alpha value is -1.76. The first-order valence-electron chi connectivity index (χ1n) is 8.71. The quantitative estimate of drug-likeness (QED) is 0.736. The van der Waals surface area contributed by atoms with Crippen molar-refractivity contribution in [3.63, 3.8) is 0 Å². The van der Waals surface area contributed by atoms with Crippen LogP contribution in [0.15, 0.2) is 0 Å². The largest absolute Gasteiger partial charge is 0.460 e. The second-order valence-electron chi connectivity index (χ2n) is 6.56. The molecule has 0 spiro atoms. The molecule has 7 heteroatoms. The van der Waals surface area contributed by atoms with Crippen LogP contribution in [0.4, 0.5) is 17.3 Å².